The molecule has 1 aliphatic heterocycles. The highest BCUT2D eigenvalue weighted by Gasteiger charge is 2.31. The van der Waals surface area contributed by atoms with Crippen LogP contribution in [-0.4, -0.2) is 34.1 Å². The molecule has 1 aromatic carbocycles. The van der Waals surface area contributed by atoms with Crippen LogP contribution in [0.1, 0.15) is 40.4 Å². The number of aromatic hydroxyl groups is 1. The first kappa shape index (κ1) is 18.5. The van der Waals surface area contributed by atoms with Gasteiger partial charge in [0.25, 0.3) is 0 Å². The number of phenolic OH excluding ortho intramolecular Hbond substituents is 1. The highest BCUT2D eigenvalue weighted by molar-refractivity contribution is 7.52. The zero-order valence-corrected chi connectivity index (χ0v) is 14.7. The average molecular weight is 356 g/mol. The van der Waals surface area contributed by atoms with Crippen molar-refractivity contribution in [2.75, 3.05) is 13.3 Å². The summed E-state index contributed by atoms with van der Waals surface area (Å²) in [4.78, 5) is 30.1. The molecule has 0 unspecified atom stereocenters. The Balaban J connectivity index is 2.47. The van der Waals surface area contributed by atoms with E-state index in [-0.39, 0.29) is 30.5 Å². The van der Waals surface area contributed by atoms with Gasteiger partial charge in [-0.25, -0.2) is 4.79 Å². The molecule has 24 heavy (non-hydrogen) atoms. The second kappa shape index (κ2) is 6.97. The number of carbonyl (C=O) groups is 1. The SMILES string of the molecule is CC/C(=C\Cc1c(O)c2c(c(C)c1OC)COC2=O)CP(=O)(O)O. The highest BCUT2D eigenvalue weighted by atomic mass is 31.2. The quantitative estimate of drug-likeness (QED) is 0.407. The normalized spacial score (nSPS) is 14.5. The Labute approximate surface area is 140 Å². The number of benzene rings is 1. The Hall–Kier alpha value is -1.82. The molecule has 0 fully saturated rings. The summed E-state index contributed by atoms with van der Waals surface area (Å²) in [5.41, 5.74) is 2.44. The molecular formula is C16H21O7P. The number of allylic oxidation sites excluding steroid dienone is 2. The summed E-state index contributed by atoms with van der Waals surface area (Å²) in [5.74, 6) is -0.324. The Morgan fingerprint density at radius 2 is 2.08 bits per heavy atom. The summed E-state index contributed by atoms with van der Waals surface area (Å²) < 4.78 is 21.5. The minimum Gasteiger partial charge on any atom is -0.507 e. The molecule has 0 saturated carbocycles. The third kappa shape index (κ3) is 3.64. The van der Waals surface area contributed by atoms with E-state index in [4.69, 9.17) is 19.3 Å². The third-order valence-corrected chi connectivity index (χ3v) is 4.92. The second-order valence-electron chi connectivity index (χ2n) is 5.66. The third-order valence-electron chi connectivity index (χ3n) is 4.11. The summed E-state index contributed by atoms with van der Waals surface area (Å²) >= 11 is 0. The monoisotopic (exact) mass is 356 g/mol. The number of cyclic esters (lactones) is 1. The van der Waals surface area contributed by atoms with Gasteiger partial charge in [-0.05, 0) is 25.3 Å². The number of ether oxygens (including phenoxy) is 2. The number of hydrogen-bond acceptors (Lipinski definition) is 5. The molecule has 0 spiro atoms. The van der Waals surface area contributed by atoms with E-state index >= 15 is 0 Å². The van der Waals surface area contributed by atoms with Crippen LogP contribution in [0, 0.1) is 6.92 Å². The van der Waals surface area contributed by atoms with Crippen LogP contribution in [0.3, 0.4) is 0 Å². The van der Waals surface area contributed by atoms with E-state index in [9.17, 15) is 14.5 Å². The largest absolute Gasteiger partial charge is 0.507 e. The highest BCUT2D eigenvalue weighted by Crippen LogP contribution is 2.42. The summed E-state index contributed by atoms with van der Waals surface area (Å²) in [6.45, 7) is 3.67. The van der Waals surface area contributed by atoms with Crippen LogP contribution in [0.25, 0.3) is 0 Å². The fourth-order valence-electron chi connectivity index (χ4n) is 2.86. The molecule has 2 rings (SSSR count). The first-order chi connectivity index (χ1) is 11.2. The van der Waals surface area contributed by atoms with Gasteiger partial charge in [0.2, 0.25) is 0 Å². The van der Waals surface area contributed by atoms with Gasteiger partial charge in [-0.1, -0.05) is 18.6 Å². The van der Waals surface area contributed by atoms with Gasteiger partial charge in [-0.2, -0.15) is 0 Å². The lowest BCUT2D eigenvalue weighted by molar-refractivity contribution is 0.0533. The Bertz CT molecular complexity index is 746. The van der Waals surface area contributed by atoms with Gasteiger partial charge in [0, 0.05) is 11.1 Å². The van der Waals surface area contributed by atoms with Crippen molar-refractivity contribution in [3.63, 3.8) is 0 Å². The van der Waals surface area contributed by atoms with Crippen LogP contribution in [0.15, 0.2) is 11.6 Å². The van der Waals surface area contributed by atoms with Crippen molar-refractivity contribution in [1.29, 1.82) is 0 Å². The van der Waals surface area contributed by atoms with E-state index in [2.05, 4.69) is 0 Å². The topological polar surface area (TPSA) is 113 Å². The molecule has 7 nitrogen and oxygen atoms in total. The standard InChI is InChI=1S/C16H21O7P/c1-4-10(8-24(19,20)21)5-6-11-14(17)13-12(7-23-16(13)18)9(2)15(11)22-3/h5,17H,4,6-8H2,1-3H3,(H2,19,20,21)/b10-5+. The Kier molecular flexibility index (Phi) is 5.38. The van der Waals surface area contributed by atoms with Crippen LogP contribution in [0.2, 0.25) is 0 Å². The van der Waals surface area contributed by atoms with Crippen molar-refractivity contribution in [3.8, 4) is 11.5 Å². The lowest BCUT2D eigenvalue weighted by Gasteiger charge is -2.16. The first-order valence-corrected chi connectivity index (χ1v) is 9.30. The maximum Gasteiger partial charge on any atom is 0.342 e. The molecule has 1 aromatic rings. The van der Waals surface area contributed by atoms with Gasteiger partial charge in [-0.3, -0.25) is 4.57 Å². The van der Waals surface area contributed by atoms with E-state index in [0.717, 1.165) is 0 Å². The van der Waals surface area contributed by atoms with Crippen molar-refractivity contribution in [2.45, 2.75) is 33.3 Å². The van der Waals surface area contributed by atoms with Crippen LogP contribution in [0.5, 0.6) is 11.5 Å². The first-order valence-electron chi connectivity index (χ1n) is 7.50. The molecule has 1 aliphatic rings. The molecule has 132 valence electrons. The molecular weight excluding hydrogens is 335 g/mol. The molecule has 0 aliphatic carbocycles. The fraction of sp³-hybridized carbons (Fsp3) is 0.438. The van der Waals surface area contributed by atoms with Crippen molar-refractivity contribution in [2.24, 2.45) is 0 Å². The maximum absolute atomic E-state index is 11.8. The molecule has 0 atom stereocenters. The minimum absolute atomic E-state index is 0.0957. The number of carbonyl (C=O) groups excluding carboxylic acids is 1. The molecule has 0 bridgehead atoms. The minimum atomic E-state index is -4.16. The lowest BCUT2D eigenvalue weighted by Crippen LogP contribution is -2.03. The van der Waals surface area contributed by atoms with Crippen LogP contribution >= 0.6 is 7.60 Å². The van der Waals surface area contributed by atoms with Crippen molar-refractivity contribution < 1.29 is 33.7 Å². The summed E-state index contributed by atoms with van der Waals surface area (Å²) in [6, 6.07) is 0. The van der Waals surface area contributed by atoms with Gasteiger partial charge < -0.3 is 24.4 Å². The molecule has 1 heterocycles. The number of methoxy groups -OCH3 is 1. The van der Waals surface area contributed by atoms with Gasteiger partial charge in [0.15, 0.2) is 0 Å². The predicted molar refractivity (Wildman–Crippen MR) is 87.5 cm³/mol. The number of phenols is 1. The second-order valence-corrected chi connectivity index (χ2v) is 7.30. The summed E-state index contributed by atoms with van der Waals surface area (Å²) in [6.07, 6.45) is 1.99. The number of fused-ring (bicyclic) bond motifs is 1. The van der Waals surface area contributed by atoms with Gasteiger partial charge in [0.05, 0.1) is 13.3 Å². The number of rotatable bonds is 6. The molecule has 0 radical (unpaired) electrons. The van der Waals surface area contributed by atoms with E-state index in [1.54, 1.807) is 19.9 Å². The van der Waals surface area contributed by atoms with E-state index in [1.165, 1.54) is 7.11 Å². The molecule has 3 N–H and O–H groups in total. The van der Waals surface area contributed by atoms with Crippen LogP contribution in [0.4, 0.5) is 0 Å². The summed E-state index contributed by atoms with van der Waals surface area (Å²) in [7, 11) is -2.69. The van der Waals surface area contributed by atoms with E-state index < -0.39 is 13.6 Å². The number of hydrogen-bond donors (Lipinski definition) is 3. The summed E-state index contributed by atoms with van der Waals surface area (Å²) in [5, 5.41) is 10.5. The average Bonchev–Trinajstić information content (AvgIpc) is 2.89. The molecule has 0 saturated heterocycles. The molecule has 8 heteroatoms. The predicted octanol–water partition coefficient (Wildman–Crippen LogP) is 2.44. The zero-order chi connectivity index (χ0) is 18.1. The maximum atomic E-state index is 11.8. The van der Waals surface area contributed by atoms with Crippen molar-refractivity contribution in [3.05, 3.63) is 33.9 Å². The fourth-order valence-corrected chi connectivity index (χ4v) is 3.74. The van der Waals surface area contributed by atoms with Crippen molar-refractivity contribution >= 4 is 13.6 Å². The van der Waals surface area contributed by atoms with E-state index in [1.807, 2.05) is 0 Å². The molecule has 0 aromatic heterocycles. The zero-order valence-electron chi connectivity index (χ0n) is 13.8. The van der Waals surface area contributed by atoms with Crippen LogP contribution < -0.4 is 4.74 Å². The Morgan fingerprint density at radius 3 is 2.62 bits per heavy atom. The van der Waals surface area contributed by atoms with Crippen molar-refractivity contribution in [1.82, 2.24) is 0 Å². The van der Waals surface area contributed by atoms with Gasteiger partial charge in [-0.15, -0.1) is 0 Å². The molecule has 0 amide bonds. The van der Waals surface area contributed by atoms with Gasteiger partial charge >= 0.3 is 13.6 Å². The Morgan fingerprint density at radius 1 is 1.42 bits per heavy atom. The lowest BCUT2D eigenvalue weighted by atomic mass is 9.95. The van der Waals surface area contributed by atoms with Crippen LogP contribution in [-0.2, 0) is 22.3 Å². The van der Waals surface area contributed by atoms with Gasteiger partial charge in [0.1, 0.15) is 23.7 Å². The van der Waals surface area contributed by atoms with E-state index in [0.29, 0.717) is 34.4 Å². The smallest absolute Gasteiger partial charge is 0.342 e. The number of esters is 1.